The maximum atomic E-state index is 12.4. The van der Waals surface area contributed by atoms with Crippen molar-refractivity contribution >= 4 is 9.84 Å². The number of ether oxygens (including phenoxy) is 1. The molecule has 0 saturated carbocycles. The molecule has 0 aliphatic rings. The van der Waals surface area contributed by atoms with Crippen molar-refractivity contribution in [3.8, 4) is 17.2 Å². The molecular formula is C17H20N4O5S. The molecule has 3 rings (SSSR count). The predicted octanol–water partition coefficient (Wildman–Crippen LogP) is 2.54. The van der Waals surface area contributed by atoms with E-state index in [1.165, 1.54) is 0 Å². The first kappa shape index (κ1) is 19.0. The average molecular weight is 392 g/mol. The predicted molar refractivity (Wildman–Crippen MR) is 95.6 cm³/mol. The number of nitrogens with zero attached hydrogens (tertiary/aromatic N) is 4. The summed E-state index contributed by atoms with van der Waals surface area (Å²) in [6.45, 7) is 5.70. The number of hydrogen-bond acceptors (Lipinski definition) is 9. The van der Waals surface area contributed by atoms with Gasteiger partial charge in [0, 0.05) is 11.0 Å². The zero-order chi connectivity index (χ0) is 19.7. The Bertz CT molecular complexity index is 1020. The Hall–Kier alpha value is -2.75. The SMILES string of the molecule is COc1ccc(-c2nc(CS(=O)(=O)Cc3noc(C(C)(C)C)n3)no2)cc1. The average Bonchev–Trinajstić information content (AvgIpc) is 3.23. The Morgan fingerprint density at radius 3 is 2.11 bits per heavy atom. The summed E-state index contributed by atoms with van der Waals surface area (Å²) in [6.07, 6.45) is 0. The number of aromatic nitrogens is 4. The molecule has 2 aromatic heterocycles. The maximum Gasteiger partial charge on any atom is 0.257 e. The smallest absolute Gasteiger partial charge is 0.257 e. The van der Waals surface area contributed by atoms with E-state index in [1.54, 1.807) is 31.4 Å². The molecule has 0 N–H and O–H groups in total. The van der Waals surface area contributed by atoms with Gasteiger partial charge in [0.2, 0.25) is 5.89 Å². The van der Waals surface area contributed by atoms with Crippen molar-refractivity contribution in [2.45, 2.75) is 37.7 Å². The Morgan fingerprint density at radius 1 is 0.963 bits per heavy atom. The third kappa shape index (κ3) is 4.70. The molecule has 0 spiro atoms. The molecule has 0 unspecified atom stereocenters. The molecule has 0 amide bonds. The fraction of sp³-hybridized carbons (Fsp3) is 0.412. The highest BCUT2D eigenvalue weighted by molar-refractivity contribution is 7.89. The standard InChI is InChI=1S/C17H20N4O5S/c1-17(2,3)16-19-14(21-26-16)10-27(22,23)9-13-18-15(25-20-13)11-5-7-12(24-4)8-6-11/h5-8H,9-10H2,1-4H3. The van der Waals surface area contributed by atoms with Gasteiger partial charge in [-0.15, -0.1) is 0 Å². The summed E-state index contributed by atoms with van der Waals surface area (Å²) in [7, 11) is -2.02. The third-order valence-corrected chi connectivity index (χ3v) is 5.01. The normalized spacial score (nSPS) is 12.3. The van der Waals surface area contributed by atoms with Crippen molar-refractivity contribution < 1.29 is 22.2 Å². The molecule has 0 radical (unpaired) electrons. The highest BCUT2D eigenvalue weighted by Gasteiger charge is 2.25. The van der Waals surface area contributed by atoms with Crippen LogP contribution in [-0.4, -0.2) is 35.8 Å². The minimum atomic E-state index is -3.59. The second kappa shape index (κ2) is 7.10. The molecule has 0 bridgehead atoms. The van der Waals surface area contributed by atoms with Gasteiger partial charge in [0.05, 0.1) is 7.11 Å². The number of rotatable bonds is 6. The first-order valence-electron chi connectivity index (χ1n) is 8.17. The molecule has 0 aliphatic heterocycles. The molecule has 3 aromatic rings. The van der Waals surface area contributed by atoms with Crippen LogP contribution in [0.2, 0.25) is 0 Å². The number of benzene rings is 1. The van der Waals surface area contributed by atoms with Gasteiger partial charge >= 0.3 is 0 Å². The Kier molecular flexibility index (Phi) is 5.01. The second-order valence-corrected chi connectivity index (χ2v) is 9.11. The molecule has 27 heavy (non-hydrogen) atoms. The van der Waals surface area contributed by atoms with E-state index in [2.05, 4.69) is 20.3 Å². The molecule has 2 heterocycles. The summed E-state index contributed by atoms with van der Waals surface area (Å²) >= 11 is 0. The number of sulfone groups is 1. The lowest BCUT2D eigenvalue weighted by Crippen LogP contribution is -2.13. The van der Waals surface area contributed by atoms with Gasteiger partial charge in [-0.1, -0.05) is 31.1 Å². The lowest BCUT2D eigenvalue weighted by molar-refractivity contribution is 0.319. The van der Waals surface area contributed by atoms with Gasteiger partial charge in [-0.3, -0.25) is 0 Å². The van der Waals surface area contributed by atoms with Crippen molar-refractivity contribution in [1.82, 2.24) is 20.3 Å². The highest BCUT2D eigenvalue weighted by atomic mass is 32.2. The fourth-order valence-electron chi connectivity index (χ4n) is 2.23. The van der Waals surface area contributed by atoms with E-state index in [0.717, 1.165) is 0 Å². The Labute approximate surface area is 156 Å². The zero-order valence-corrected chi connectivity index (χ0v) is 16.3. The van der Waals surface area contributed by atoms with Crippen LogP contribution in [-0.2, 0) is 26.8 Å². The van der Waals surface area contributed by atoms with Crippen LogP contribution in [0.25, 0.3) is 11.5 Å². The molecule has 144 valence electrons. The summed E-state index contributed by atoms with van der Waals surface area (Å²) in [5.41, 5.74) is 0.315. The Balaban J connectivity index is 1.70. The molecule has 0 aliphatic carbocycles. The van der Waals surface area contributed by atoms with Crippen LogP contribution in [0.4, 0.5) is 0 Å². The second-order valence-electron chi connectivity index (χ2n) is 7.04. The van der Waals surface area contributed by atoms with Crippen LogP contribution in [0, 0.1) is 0 Å². The monoisotopic (exact) mass is 392 g/mol. The van der Waals surface area contributed by atoms with E-state index in [1.807, 2.05) is 20.8 Å². The van der Waals surface area contributed by atoms with Crippen LogP contribution >= 0.6 is 0 Å². The van der Waals surface area contributed by atoms with Crippen LogP contribution in [0.5, 0.6) is 5.75 Å². The minimum absolute atomic E-state index is 0.0698. The summed E-state index contributed by atoms with van der Waals surface area (Å²) in [6, 6.07) is 6.99. The lowest BCUT2D eigenvalue weighted by atomic mass is 9.97. The van der Waals surface area contributed by atoms with Gasteiger partial charge < -0.3 is 13.8 Å². The van der Waals surface area contributed by atoms with Crippen LogP contribution in [0.15, 0.2) is 33.3 Å². The van der Waals surface area contributed by atoms with E-state index < -0.39 is 9.84 Å². The Morgan fingerprint density at radius 2 is 1.56 bits per heavy atom. The molecule has 9 nitrogen and oxygen atoms in total. The highest BCUT2D eigenvalue weighted by Crippen LogP contribution is 2.22. The van der Waals surface area contributed by atoms with Gasteiger partial charge in [-0.25, -0.2) is 8.42 Å². The van der Waals surface area contributed by atoms with Crippen molar-refractivity contribution in [3.05, 3.63) is 41.8 Å². The summed E-state index contributed by atoms with van der Waals surface area (Å²) in [4.78, 5) is 8.29. The van der Waals surface area contributed by atoms with Crippen molar-refractivity contribution in [3.63, 3.8) is 0 Å². The molecule has 0 saturated heterocycles. The maximum absolute atomic E-state index is 12.4. The quantitative estimate of drug-likeness (QED) is 0.623. The van der Waals surface area contributed by atoms with E-state index in [0.29, 0.717) is 17.2 Å². The van der Waals surface area contributed by atoms with Crippen molar-refractivity contribution in [2.75, 3.05) is 7.11 Å². The molecule has 10 heteroatoms. The number of methoxy groups -OCH3 is 1. The first-order valence-corrected chi connectivity index (χ1v) is 9.99. The van der Waals surface area contributed by atoms with Crippen molar-refractivity contribution in [2.24, 2.45) is 0 Å². The number of hydrogen-bond donors (Lipinski definition) is 0. The van der Waals surface area contributed by atoms with Gasteiger partial charge in [-0.05, 0) is 24.3 Å². The van der Waals surface area contributed by atoms with E-state index >= 15 is 0 Å². The molecule has 0 atom stereocenters. The third-order valence-electron chi connectivity index (χ3n) is 3.61. The van der Waals surface area contributed by atoms with Gasteiger partial charge in [0.15, 0.2) is 21.5 Å². The lowest BCUT2D eigenvalue weighted by Gasteiger charge is -2.10. The minimum Gasteiger partial charge on any atom is -0.497 e. The summed E-state index contributed by atoms with van der Waals surface area (Å²) in [5, 5.41) is 7.48. The van der Waals surface area contributed by atoms with Crippen LogP contribution in [0.3, 0.4) is 0 Å². The largest absolute Gasteiger partial charge is 0.497 e. The van der Waals surface area contributed by atoms with Gasteiger partial charge in [0.25, 0.3) is 5.89 Å². The molecular weight excluding hydrogens is 372 g/mol. The van der Waals surface area contributed by atoms with Crippen LogP contribution in [0.1, 0.15) is 38.3 Å². The van der Waals surface area contributed by atoms with E-state index in [4.69, 9.17) is 13.8 Å². The van der Waals surface area contributed by atoms with Crippen molar-refractivity contribution in [1.29, 1.82) is 0 Å². The summed E-state index contributed by atoms with van der Waals surface area (Å²) in [5.74, 6) is 0.742. The topological polar surface area (TPSA) is 121 Å². The van der Waals surface area contributed by atoms with Crippen LogP contribution < -0.4 is 4.74 Å². The zero-order valence-electron chi connectivity index (χ0n) is 15.5. The fourth-order valence-corrected chi connectivity index (χ4v) is 3.35. The summed E-state index contributed by atoms with van der Waals surface area (Å²) < 4.78 is 40.2. The van der Waals surface area contributed by atoms with E-state index in [-0.39, 0.29) is 34.5 Å². The molecule has 0 fully saturated rings. The van der Waals surface area contributed by atoms with Gasteiger partial charge in [0.1, 0.15) is 17.3 Å². The molecule has 1 aromatic carbocycles. The first-order chi connectivity index (χ1) is 12.7. The van der Waals surface area contributed by atoms with E-state index in [9.17, 15) is 8.42 Å². The van der Waals surface area contributed by atoms with Gasteiger partial charge in [-0.2, -0.15) is 9.97 Å².